The maximum absolute atomic E-state index is 12.4. The summed E-state index contributed by atoms with van der Waals surface area (Å²) in [6.45, 7) is 4.67. The van der Waals surface area contributed by atoms with Crippen molar-refractivity contribution in [3.05, 3.63) is 35.9 Å². The van der Waals surface area contributed by atoms with Crippen LogP contribution >= 0.6 is 0 Å². The van der Waals surface area contributed by atoms with Crippen LogP contribution in [-0.2, 0) is 16.0 Å². The summed E-state index contributed by atoms with van der Waals surface area (Å²) in [6.07, 6.45) is 3.38. The van der Waals surface area contributed by atoms with Gasteiger partial charge in [0.05, 0.1) is 12.3 Å². The number of carbonyl (C=O) groups is 2. The monoisotopic (exact) mass is 291 g/mol. The van der Waals surface area contributed by atoms with Crippen molar-refractivity contribution in [3.63, 3.8) is 0 Å². The molecule has 0 aliphatic rings. The fourth-order valence-corrected chi connectivity index (χ4v) is 2.16. The SMILES string of the molecule is CCCCCN(CC(C)C(=O)O)C(=O)Cc1ccccc1. The van der Waals surface area contributed by atoms with E-state index in [1.54, 1.807) is 11.8 Å². The van der Waals surface area contributed by atoms with Gasteiger partial charge in [0.2, 0.25) is 5.91 Å². The van der Waals surface area contributed by atoms with Gasteiger partial charge in [0.15, 0.2) is 0 Å². The van der Waals surface area contributed by atoms with E-state index in [1.807, 2.05) is 30.3 Å². The second-order valence-electron chi connectivity index (χ2n) is 5.45. The Balaban J connectivity index is 2.64. The lowest BCUT2D eigenvalue weighted by atomic mass is 10.1. The van der Waals surface area contributed by atoms with Crippen molar-refractivity contribution in [1.29, 1.82) is 0 Å². The van der Waals surface area contributed by atoms with Gasteiger partial charge in [-0.25, -0.2) is 0 Å². The highest BCUT2D eigenvalue weighted by Crippen LogP contribution is 2.08. The Morgan fingerprint density at radius 1 is 1.19 bits per heavy atom. The first-order valence-corrected chi connectivity index (χ1v) is 7.59. The molecule has 1 atom stereocenters. The highest BCUT2D eigenvalue weighted by Gasteiger charge is 2.20. The molecule has 1 unspecified atom stereocenters. The third-order valence-electron chi connectivity index (χ3n) is 3.50. The summed E-state index contributed by atoms with van der Waals surface area (Å²) in [7, 11) is 0. The van der Waals surface area contributed by atoms with Crippen molar-refractivity contribution in [1.82, 2.24) is 4.90 Å². The first kappa shape index (κ1) is 17.2. The Kier molecular flexibility index (Phi) is 7.51. The number of rotatable bonds is 9. The van der Waals surface area contributed by atoms with E-state index in [4.69, 9.17) is 5.11 Å². The molecule has 0 heterocycles. The van der Waals surface area contributed by atoms with E-state index in [1.165, 1.54) is 0 Å². The first-order chi connectivity index (χ1) is 10.0. The molecule has 116 valence electrons. The molecule has 1 aromatic rings. The van der Waals surface area contributed by atoms with Gasteiger partial charge in [0, 0.05) is 13.1 Å². The molecule has 0 aliphatic heterocycles. The molecule has 21 heavy (non-hydrogen) atoms. The zero-order chi connectivity index (χ0) is 15.7. The number of hydrogen-bond donors (Lipinski definition) is 1. The number of unbranched alkanes of at least 4 members (excludes halogenated alkanes) is 2. The molecule has 1 N–H and O–H groups in total. The van der Waals surface area contributed by atoms with Crippen LogP contribution in [-0.4, -0.2) is 35.0 Å². The van der Waals surface area contributed by atoms with E-state index in [9.17, 15) is 9.59 Å². The molecule has 0 aromatic heterocycles. The maximum atomic E-state index is 12.4. The molecule has 0 aliphatic carbocycles. The Hall–Kier alpha value is -1.84. The van der Waals surface area contributed by atoms with Gasteiger partial charge in [-0.2, -0.15) is 0 Å². The Bertz CT molecular complexity index is 445. The third kappa shape index (κ3) is 6.43. The molecule has 1 aromatic carbocycles. The number of aliphatic carboxylic acids is 1. The zero-order valence-electron chi connectivity index (χ0n) is 12.9. The van der Waals surface area contributed by atoms with E-state index in [2.05, 4.69) is 6.92 Å². The van der Waals surface area contributed by atoms with Crippen molar-refractivity contribution >= 4 is 11.9 Å². The summed E-state index contributed by atoms with van der Waals surface area (Å²) in [5.74, 6) is -1.39. The average Bonchev–Trinajstić information content (AvgIpc) is 2.47. The van der Waals surface area contributed by atoms with Crippen molar-refractivity contribution < 1.29 is 14.7 Å². The van der Waals surface area contributed by atoms with E-state index >= 15 is 0 Å². The number of carbonyl (C=O) groups excluding carboxylic acids is 1. The second-order valence-corrected chi connectivity index (χ2v) is 5.45. The summed E-state index contributed by atoms with van der Waals surface area (Å²) in [5.41, 5.74) is 0.964. The zero-order valence-corrected chi connectivity index (χ0v) is 12.9. The number of nitrogens with zero attached hydrogens (tertiary/aromatic N) is 1. The van der Waals surface area contributed by atoms with Gasteiger partial charge >= 0.3 is 5.97 Å². The molecule has 4 nitrogen and oxygen atoms in total. The van der Waals surface area contributed by atoms with Crippen LogP contribution in [0.5, 0.6) is 0 Å². The number of amides is 1. The van der Waals surface area contributed by atoms with Crippen LogP contribution < -0.4 is 0 Å². The Morgan fingerprint density at radius 3 is 2.43 bits per heavy atom. The number of carboxylic acids is 1. The standard InChI is InChI=1S/C17H25NO3/c1-3-4-8-11-18(13-14(2)17(20)21)16(19)12-15-9-6-5-7-10-15/h5-7,9-10,14H,3-4,8,11-13H2,1-2H3,(H,20,21). The van der Waals surface area contributed by atoms with Crippen molar-refractivity contribution in [2.75, 3.05) is 13.1 Å². The van der Waals surface area contributed by atoms with Crippen molar-refractivity contribution in [2.24, 2.45) is 5.92 Å². The summed E-state index contributed by atoms with van der Waals surface area (Å²) in [4.78, 5) is 25.1. The average molecular weight is 291 g/mol. The van der Waals surface area contributed by atoms with Gasteiger partial charge < -0.3 is 10.0 Å². The fourth-order valence-electron chi connectivity index (χ4n) is 2.16. The molecule has 0 saturated carbocycles. The lowest BCUT2D eigenvalue weighted by Crippen LogP contribution is -2.38. The van der Waals surface area contributed by atoms with E-state index in [0.29, 0.717) is 13.0 Å². The summed E-state index contributed by atoms with van der Waals surface area (Å²) in [5, 5.41) is 9.04. The maximum Gasteiger partial charge on any atom is 0.308 e. The van der Waals surface area contributed by atoms with E-state index in [-0.39, 0.29) is 12.5 Å². The molecule has 1 amide bonds. The number of hydrogen-bond acceptors (Lipinski definition) is 2. The minimum Gasteiger partial charge on any atom is -0.481 e. The van der Waals surface area contributed by atoms with Crippen LogP contribution in [0.1, 0.15) is 38.7 Å². The molecular formula is C17H25NO3. The fraction of sp³-hybridized carbons (Fsp3) is 0.529. The van der Waals surface area contributed by atoms with E-state index in [0.717, 1.165) is 24.8 Å². The first-order valence-electron chi connectivity index (χ1n) is 7.59. The molecular weight excluding hydrogens is 266 g/mol. The predicted octanol–water partition coefficient (Wildman–Crippen LogP) is 2.97. The van der Waals surface area contributed by atoms with E-state index < -0.39 is 11.9 Å². The largest absolute Gasteiger partial charge is 0.481 e. The van der Waals surface area contributed by atoms with Crippen LogP contribution in [0.3, 0.4) is 0 Å². The van der Waals surface area contributed by atoms with Crippen LogP contribution in [0.2, 0.25) is 0 Å². The lowest BCUT2D eigenvalue weighted by molar-refractivity contribution is -0.143. The summed E-state index contributed by atoms with van der Waals surface area (Å²) >= 11 is 0. The van der Waals surface area contributed by atoms with Crippen LogP contribution in [0.4, 0.5) is 0 Å². The highest BCUT2D eigenvalue weighted by molar-refractivity contribution is 5.79. The van der Waals surface area contributed by atoms with Crippen molar-refractivity contribution in [3.8, 4) is 0 Å². The number of benzene rings is 1. The predicted molar refractivity (Wildman–Crippen MR) is 83.1 cm³/mol. The summed E-state index contributed by atoms with van der Waals surface area (Å²) < 4.78 is 0. The van der Waals surface area contributed by atoms with Gasteiger partial charge in [-0.15, -0.1) is 0 Å². The molecule has 1 rings (SSSR count). The Labute approximate surface area is 126 Å². The van der Waals surface area contributed by atoms with Crippen molar-refractivity contribution in [2.45, 2.75) is 39.5 Å². The van der Waals surface area contributed by atoms with Gasteiger partial charge in [-0.3, -0.25) is 9.59 Å². The minimum absolute atomic E-state index is 0.00500. The lowest BCUT2D eigenvalue weighted by Gasteiger charge is -2.24. The normalized spacial score (nSPS) is 11.9. The quantitative estimate of drug-likeness (QED) is 0.712. The topological polar surface area (TPSA) is 57.6 Å². The molecule has 0 spiro atoms. The van der Waals surface area contributed by atoms with Crippen LogP contribution in [0.25, 0.3) is 0 Å². The van der Waals surface area contributed by atoms with Gasteiger partial charge in [0.1, 0.15) is 0 Å². The molecule has 0 fully saturated rings. The smallest absolute Gasteiger partial charge is 0.308 e. The van der Waals surface area contributed by atoms with Gasteiger partial charge in [-0.05, 0) is 12.0 Å². The van der Waals surface area contributed by atoms with Gasteiger partial charge in [0.25, 0.3) is 0 Å². The molecule has 0 bridgehead atoms. The second kappa shape index (κ2) is 9.16. The van der Waals surface area contributed by atoms with Gasteiger partial charge in [-0.1, -0.05) is 57.0 Å². The summed E-state index contributed by atoms with van der Waals surface area (Å²) in [6, 6.07) is 9.57. The molecule has 4 heteroatoms. The molecule has 0 saturated heterocycles. The Morgan fingerprint density at radius 2 is 1.86 bits per heavy atom. The minimum atomic E-state index is -0.858. The van der Waals surface area contributed by atoms with Crippen LogP contribution in [0, 0.1) is 5.92 Å². The van der Waals surface area contributed by atoms with Crippen LogP contribution in [0.15, 0.2) is 30.3 Å². The number of carboxylic acid groups (broad SMARTS) is 1. The molecule has 0 radical (unpaired) electrons. The third-order valence-corrected chi connectivity index (χ3v) is 3.50. The highest BCUT2D eigenvalue weighted by atomic mass is 16.4.